The van der Waals surface area contributed by atoms with Crippen LogP contribution in [0.4, 0.5) is 0 Å². The third-order valence-corrected chi connectivity index (χ3v) is 15.7. The lowest BCUT2D eigenvalue weighted by atomic mass is 10.0. The second-order valence-electron chi connectivity index (χ2n) is 25.5. The van der Waals surface area contributed by atoms with Crippen molar-refractivity contribution >= 4 is 17.9 Å². The van der Waals surface area contributed by atoms with Crippen molar-refractivity contribution < 1.29 is 42.9 Å². The van der Waals surface area contributed by atoms with Gasteiger partial charge in [-0.15, -0.1) is 0 Å². The number of hydrogen-bond acceptors (Lipinski definition) is 8. The summed E-state index contributed by atoms with van der Waals surface area (Å²) in [6, 6.07) is 0. The average Bonchev–Trinajstić information content (AvgIpc) is 3.64. The van der Waals surface area contributed by atoms with Crippen molar-refractivity contribution in [1.29, 1.82) is 0 Å². The Morgan fingerprint density at radius 1 is 0.348 bits per heavy atom. The number of ether oxygens (including phenoxy) is 4. The van der Waals surface area contributed by atoms with Crippen LogP contribution in [-0.2, 0) is 33.3 Å². The first-order chi connectivity index (χ1) is 43.6. The third kappa shape index (κ3) is 71.0. The summed E-state index contributed by atoms with van der Waals surface area (Å²) in [6.45, 7) is 4.63. The molecule has 9 heteroatoms. The van der Waals surface area contributed by atoms with Gasteiger partial charge >= 0.3 is 11.9 Å². The summed E-state index contributed by atoms with van der Waals surface area (Å²) >= 11 is 0. The van der Waals surface area contributed by atoms with Crippen molar-refractivity contribution in [2.45, 2.75) is 322 Å². The summed E-state index contributed by atoms with van der Waals surface area (Å²) in [5, 5.41) is 11.8. The lowest BCUT2D eigenvalue weighted by molar-refractivity contribution is -0.870. The van der Waals surface area contributed by atoms with Crippen LogP contribution in [0, 0.1) is 0 Å². The van der Waals surface area contributed by atoms with Crippen LogP contribution in [0.2, 0.25) is 0 Å². The van der Waals surface area contributed by atoms with E-state index >= 15 is 0 Å². The molecule has 0 aliphatic heterocycles. The number of quaternary nitrogens is 1. The van der Waals surface area contributed by atoms with E-state index in [0.29, 0.717) is 17.4 Å². The van der Waals surface area contributed by atoms with Crippen molar-refractivity contribution in [2.24, 2.45) is 0 Å². The number of hydrogen-bond donors (Lipinski definition) is 0. The Morgan fingerprint density at radius 2 is 0.640 bits per heavy atom. The van der Waals surface area contributed by atoms with Crippen LogP contribution >= 0.6 is 0 Å². The standard InChI is InChI=1S/C80H137NO8/c1-6-8-10-12-14-16-18-20-22-24-26-28-30-32-34-36-38-39-41-42-44-46-48-50-52-54-56-58-60-62-64-66-68-70-77(82)87-74-76(75-88-80(79(84)85)86-73-72-81(3,4)5)89-78(83)71-69-67-65-63-61-59-57-55-53-51-49-47-45-43-40-37-35-33-31-29-27-25-23-21-19-17-15-13-11-9-7-2/h9,11,15,17-18,20-21,23-24,26-27,29,33,35,40,43,47,49,53,55,76,80H,6-8,10,12-14,16,19,22,25,28,30-32,34,36-39,41-42,44-46,48,50-52,54,56-75H2,1-5H3/b11-9-,17-15-,20-18-,23-21-,26-24-,29-27-,35-33-,43-40-,49-47-,55-53-. The maximum absolute atomic E-state index is 12.9. The molecule has 0 heterocycles. The first-order valence-electron chi connectivity index (χ1n) is 36.7. The van der Waals surface area contributed by atoms with Gasteiger partial charge in [-0.25, -0.2) is 0 Å². The van der Waals surface area contributed by atoms with Gasteiger partial charge in [-0.1, -0.05) is 309 Å². The van der Waals surface area contributed by atoms with Crippen molar-refractivity contribution in [2.75, 3.05) is 47.5 Å². The number of unbranched alkanes of at least 4 members (excludes halogenated alkanes) is 32. The van der Waals surface area contributed by atoms with Crippen molar-refractivity contribution in [3.05, 3.63) is 122 Å². The van der Waals surface area contributed by atoms with Gasteiger partial charge in [-0.05, 0) is 109 Å². The minimum absolute atomic E-state index is 0.140. The highest BCUT2D eigenvalue weighted by atomic mass is 16.7. The molecule has 0 saturated carbocycles. The van der Waals surface area contributed by atoms with E-state index < -0.39 is 24.3 Å². The third-order valence-electron chi connectivity index (χ3n) is 15.7. The molecule has 89 heavy (non-hydrogen) atoms. The van der Waals surface area contributed by atoms with Gasteiger partial charge < -0.3 is 33.3 Å². The van der Waals surface area contributed by atoms with E-state index in [4.69, 9.17) is 18.9 Å². The van der Waals surface area contributed by atoms with Gasteiger partial charge in [0.05, 0.1) is 40.3 Å². The van der Waals surface area contributed by atoms with Crippen LogP contribution in [0.1, 0.15) is 309 Å². The molecule has 0 spiro atoms. The van der Waals surface area contributed by atoms with E-state index in [-0.39, 0.29) is 38.6 Å². The van der Waals surface area contributed by atoms with Gasteiger partial charge in [-0.2, -0.15) is 0 Å². The number of nitrogens with zero attached hydrogens (tertiary/aromatic N) is 1. The lowest BCUT2D eigenvalue weighted by Gasteiger charge is -2.26. The smallest absolute Gasteiger partial charge is 0.306 e. The number of likely N-dealkylation sites (N-methyl/N-ethyl adjacent to an activating group) is 1. The molecule has 0 aromatic rings. The Balaban J connectivity index is 4.13. The monoisotopic (exact) mass is 1240 g/mol. The SMILES string of the molecule is CC/C=C\C/C=C\C/C=C\C/C=C\C/C=C\C/C=C\C/C=C\C/C=C\CCCCCCCCC(=O)OC(COC(=O)CCCCCCCCCCCCCCCCCCCCCCC/C=C\C/C=C\CCCCCCC)COC(OCC[N+](C)(C)C)C(=O)[O-]. The summed E-state index contributed by atoms with van der Waals surface area (Å²) < 4.78 is 22.8. The summed E-state index contributed by atoms with van der Waals surface area (Å²) in [7, 11) is 5.92. The van der Waals surface area contributed by atoms with Crippen LogP contribution in [-0.4, -0.2) is 82.3 Å². The maximum Gasteiger partial charge on any atom is 0.306 e. The molecule has 510 valence electrons. The number of aliphatic carboxylic acids is 1. The number of carbonyl (C=O) groups is 3. The van der Waals surface area contributed by atoms with Gasteiger partial charge in [0.25, 0.3) is 0 Å². The highest BCUT2D eigenvalue weighted by Crippen LogP contribution is 2.17. The molecular formula is C80H137NO8. The number of carbonyl (C=O) groups excluding carboxylic acids is 3. The Kier molecular flexibility index (Phi) is 66.2. The highest BCUT2D eigenvalue weighted by Gasteiger charge is 2.22. The number of rotatable bonds is 67. The van der Waals surface area contributed by atoms with E-state index in [0.717, 1.165) is 116 Å². The van der Waals surface area contributed by atoms with Crippen molar-refractivity contribution in [1.82, 2.24) is 0 Å². The first kappa shape index (κ1) is 84.7. The molecular weight excluding hydrogens is 1100 g/mol. The molecule has 2 atom stereocenters. The maximum atomic E-state index is 12.9. The zero-order valence-corrected chi connectivity index (χ0v) is 58.3. The van der Waals surface area contributed by atoms with Gasteiger partial charge in [0.2, 0.25) is 0 Å². The fraction of sp³-hybridized carbons (Fsp3) is 0.713. The molecule has 0 aromatic heterocycles. The molecule has 0 aliphatic carbocycles. The molecule has 2 unspecified atom stereocenters. The van der Waals surface area contributed by atoms with E-state index in [1.54, 1.807) is 0 Å². The molecule has 0 fully saturated rings. The summed E-state index contributed by atoms with van der Waals surface area (Å²) in [5.74, 6) is -2.30. The number of esters is 2. The topological polar surface area (TPSA) is 111 Å². The molecule has 0 amide bonds. The van der Waals surface area contributed by atoms with Crippen LogP contribution in [0.25, 0.3) is 0 Å². The summed E-state index contributed by atoms with van der Waals surface area (Å²) in [4.78, 5) is 37.5. The summed E-state index contributed by atoms with van der Waals surface area (Å²) in [5.41, 5.74) is 0. The Bertz CT molecular complexity index is 1880. The van der Waals surface area contributed by atoms with E-state index in [1.165, 1.54) is 161 Å². The Morgan fingerprint density at radius 3 is 0.955 bits per heavy atom. The quantitative estimate of drug-likeness (QED) is 0.0195. The fourth-order valence-electron chi connectivity index (χ4n) is 10.1. The zero-order chi connectivity index (χ0) is 64.7. The number of allylic oxidation sites excluding steroid dienone is 20. The lowest BCUT2D eigenvalue weighted by Crippen LogP contribution is -2.44. The number of carboxylic acids is 1. The number of carboxylic acid groups (broad SMARTS) is 1. The Hall–Kier alpha value is -4.31. The van der Waals surface area contributed by atoms with Crippen LogP contribution in [0.3, 0.4) is 0 Å². The molecule has 0 N–H and O–H groups in total. The van der Waals surface area contributed by atoms with Gasteiger partial charge in [0.1, 0.15) is 13.2 Å². The second kappa shape index (κ2) is 69.6. The first-order valence-corrected chi connectivity index (χ1v) is 36.7. The predicted molar refractivity (Wildman–Crippen MR) is 380 cm³/mol. The minimum Gasteiger partial charge on any atom is -0.545 e. The second-order valence-corrected chi connectivity index (χ2v) is 25.5. The average molecular weight is 1240 g/mol. The molecule has 0 aliphatic rings. The van der Waals surface area contributed by atoms with Crippen LogP contribution < -0.4 is 5.11 Å². The molecule has 0 radical (unpaired) electrons. The van der Waals surface area contributed by atoms with Crippen LogP contribution in [0.5, 0.6) is 0 Å². The van der Waals surface area contributed by atoms with E-state index in [1.807, 2.05) is 21.1 Å². The molecule has 0 rings (SSSR count). The fourth-order valence-corrected chi connectivity index (χ4v) is 10.1. The van der Waals surface area contributed by atoms with Gasteiger partial charge in [0.15, 0.2) is 12.4 Å². The van der Waals surface area contributed by atoms with Gasteiger partial charge in [0, 0.05) is 12.8 Å². The van der Waals surface area contributed by atoms with Crippen molar-refractivity contribution in [3.8, 4) is 0 Å². The minimum atomic E-state index is -1.63. The molecule has 0 saturated heterocycles. The molecule has 9 nitrogen and oxygen atoms in total. The normalized spacial score (nSPS) is 13.4. The largest absolute Gasteiger partial charge is 0.545 e. The highest BCUT2D eigenvalue weighted by molar-refractivity contribution is 5.70. The van der Waals surface area contributed by atoms with Gasteiger partial charge in [-0.3, -0.25) is 9.59 Å². The molecule has 0 bridgehead atoms. The van der Waals surface area contributed by atoms with Crippen LogP contribution in [0.15, 0.2) is 122 Å². The predicted octanol–water partition coefficient (Wildman–Crippen LogP) is 21.8. The van der Waals surface area contributed by atoms with Crippen molar-refractivity contribution in [3.63, 3.8) is 0 Å². The molecule has 0 aromatic carbocycles. The zero-order valence-electron chi connectivity index (χ0n) is 58.3. The van der Waals surface area contributed by atoms with E-state index in [2.05, 4.69) is 135 Å². The Labute approximate surface area is 548 Å². The van der Waals surface area contributed by atoms with E-state index in [9.17, 15) is 19.5 Å². The summed E-state index contributed by atoms with van der Waals surface area (Å²) in [6.07, 6.45) is 95.7.